The first kappa shape index (κ1) is 22.1. The van der Waals surface area contributed by atoms with Crippen LogP contribution in [0.25, 0.3) is 0 Å². The van der Waals surface area contributed by atoms with Crippen molar-refractivity contribution in [1.29, 1.82) is 0 Å². The second-order valence-corrected chi connectivity index (χ2v) is 6.19. The van der Waals surface area contributed by atoms with Crippen LogP contribution < -0.4 is 40.7 Å². The van der Waals surface area contributed by atoms with Crippen molar-refractivity contribution in [2.75, 3.05) is 6.76 Å². The van der Waals surface area contributed by atoms with Crippen LogP contribution in [0.5, 0.6) is 0 Å². The molecule has 0 spiro atoms. The summed E-state index contributed by atoms with van der Waals surface area (Å²) in [6, 6.07) is 18.9. The van der Waals surface area contributed by atoms with Crippen LogP contribution in [-0.4, -0.2) is 11.8 Å². The molecule has 23 heavy (non-hydrogen) atoms. The minimum atomic E-state index is -1.14. The Morgan fingerprint density at radius 2 is 1.00 bits per heavy atom. The molecule has 4 nitrogen and oxygen atoms in total. The molecule has 0 bridgehead atoms. The summed E-state index contributed by atoms with van der Waals surface area (Å²) >= 11 is -1.14. The summed E-state index contributed by atoms with van der Waals surface area (Å²) in [4.78, 5) is 23.9. The minimum absolute atomic E-state index is 0. The largest absolute Gasteiger partial charge is 1.00 e. The molecular formula is C16H16Br2N2O2Ti. The third kappa shape index (κ3) is 6.22. The number of carbonyl (C=O) groups excluding carboxylic acids is 2. The molecule has 0 aliphatic carbocycles. The van der Waals surface area contributed by atoms with E-state index in [1.807, 2.05) is 60.7 Å². The Morgan fingerprint density at radius 3 is 1.26 bits per heavy atom. The molecule has 0 aromatic heterocycles. The Hall–Kier alpha value is -0.946. The van der Waals surface area contributed by atoms with E-state index in [2.05, 4.69) is 0 Å². The average molecular weight is 476 g/mol. The summed E-state index contributed by atoms with van der Waals surface area (Å²) in [6.45, 7) is 3.06. The second kappa shape index (κ2) is 10.8. The van der Waals surface area contributed by atoms with Crippen molar-refractivity contribution < 1.29 is 63.2 Å². The fraction of sp³-hybridized carbons (Fsp3) is 0.125. The van der Waals surface area contributed by atoms with Crippen molar-refractivity contribution in [2.45, 2.75) is 13.8 Å². The third-order valence-corrected chi connectivity index (χ3v) is 5.27. The summed E-state index contributed by atoms with van der Waals surface area (Å²) in [5, 5.41) is 0. The molecule has 120 valence electrons. The van der Waals surface area contributed by atoms with Crippen LogP contribution >= 0.6 is 0 Å². The van der Waals surface area contributed by atoms with Crippen LogP contribution in [0.4, 0.5) is 11.4 Å². The first-order valence-electron chi connectivity index (χ1n) is 6.57. The molecule has 0 unspecified atom stereocenters. The monoisotopic (exact) mass is 474 g/mol. The van der Waals surface area contributed by atoms with E-state index in [1.54, 1.807) is 6.76 Å². The number of hydrogen-bond acceptors (Lipinski definition) is 2. The number of rotatable bonds is 4. The molecule has 2 rings (SSSR count). The Balaban J connectivity index is 0.00000242. The maximum Gasteiger partial charge on any atom is -1.00 e. The molecule has 2 aromatic carbocycles. The van der Waals surface area contributed by atoms with E-state index in [4.69, 9.17) is 0 Å². The molecule has 0 N–H and O–H groups in total. The number of benzene rings is 2. The van der Waals surface area contributed by atoms with Crippen LogP contribution in [0.1, 0.15) is 13.8 Å². The van der Waals surface area contributed by atoms with E-state index >= 15 is 0 Å². The zero-order chi connectivity index (χ0) is 15.2. The van der Waals surface area contributed by atoms with Gasteiger partial charge in [-0.05, 0) is 0 Å². The van der Waals surface area contributed by atoms with Crippen LogP contribution in [0.3, 0.4) is 0 Å². The molecule has 7 heteroatoms. The van der Waals surface area contributed by atoms with E-state index in [9.17, 15) is 9.59 Å². The number of amides is 2. The molecular weight excluding hydrogens is 460 g/mol. The van der Waals surface area contributed by atoms with Crippen LogP contribution in [-0.2, 0) is 29.3 Å². The van der Waals surface area contributed by atoms with Gasteiger partial charge in [-0.3, -0.25) is 0 Å². The first-order chi connectivity index (χ1) is 10.1. The summed E-state index contributed by atoms with van der Waals surface area (Å²) in [7, 11) is 0. The predicted octanol–water partition coefficient (Wildman–Crippen LogP) is -2.99. The maximum atomic E-state index is 12.0. The molecule has 0 heterocycles. The van der Waals surface area contributed by atoms with Gasteiger partial charge in [0.05, 0.1) is 0 Å². The van der Waals surface area contributed by atoms with Gasteiger partial charge in [-0.2, -0.15) is 0 Å². The molecule has 2 amide bonds. The van der Waals surface area contributed by atoms with Gasteiger partial charge in [0.1, 0.15) is 0 Å². The molecule has 2 aromatic rings. The molecule has 0 aliphatic rings. The third-order valence-electron chi connectivity index (χ3n) is 2.86. The Labute approximate surface area is 166 Å². The van der Waals surface area contributed by atoms with E-state index in [0.717, 1.165) is 11.4 Å². The Morgan fingerprint density at radius 1 is 0.696 bits per heavy atom. The first-order valence-corrected chi connectivity index (χ1v) is 7.97. The van der Waals surface area contributed by atoms with Gasteiger partial charge >= 0.3 is 134 Å². The van der Waals surface area contributed by atoms with E-state index in [-0.39, 0.29) is 45.8 Å². The minimum Gasteiger partial charge on any atom is -1.00 e. The van der Waals surface area contributed by atoms with E-state index < -0.39 is 19.7 Å². The number of halogens is 2. The zero-order valence-corrected chi connectivity index (χ0v) is 17.5. The zero-order valence-electron chi connectivity index (χ0n) is 12.7. The molecule has 0 fully saturated rings. The fourth-order valence-corrected chi connectivity index (χ4v) is 3.45. The number of hydrogen-bond donors (Lipinski definition) is 0. The SMILES string of the molecule is CC(=O)[N]([Ti+2][N](C(C)=O)c1ccccc1)c1ccccc1.[Br-].[Br-]. The van der Waals surface area contributed by atoms with Crippen LogP contribution in [0.2, 0.25) is 0 Å². The van der Waals surface area contributed by atoms with Crippen molar-refractivity contribution in [3.63, 3.8) is 0 Å². The van der Waals surface area contributed by atoms with Gasteiger partial charge in [-0.15, -0.1) is 0 Å². The summed E-state index contributed by atoms with van der Waals surface area (Å²) in [5.41, 5.74) is 1.65. The van der Waals surface area contributed by atoms with Crippen molar-refractivity contribution in [2.24, 2.45) is 0 Å². The second-order valence-electron chi connectivity index (χ2n) is 4.48. The predicted molar refractivity (Wildman–Crippen MR) is 79.2 cm³/mol. The quantitative estimate of drug-likeness (QED) is 0.443. The molecule has 0 radical (unpaired) electrons. The normalized spacial score (nSPS) is 8.78. The average Bonchev–Trinajstić information content (AvgIpc) is 2.49. The van der Waals surface area contributed by atoms with Crippen molar-refractivity contribution in [3.8, 4) is 0 Å². The Kier molecular flexibility index (Phi) is 10.3. The number of carbonyl (C=O) groups is 2. The van der Waals surface area contributed by atoms with Gasteiger partial charge in [0, 0.05) is 0 Å². The van der Waals surface area contributed by atoms with Gasteiger partial charge in [-0.1, -0.05) is 0 Å². The summed E-state index contributed by atoms with van der Waals surface area (Å²) in [5.74, 6) is -0.105. The van der Waals surface area contributed by atoms with Gasteiger partial charge in [0.2, 0.25) is 0 Å². The fourth-order valence-electron chi connectivity index (χ4n) is 1.87. The summed E-state index contributed by atoms with van der Waals surface area (Å²) in [6.07, 6.45) is 0. The van der Waals surface area contributed by atoms with Gasteiger partial charge in [-0.25, -0.2) is 0 Å². The van der Waals surface area contributed by atoms with Crippen molar-refractivity contribution in [3.05, 3.63) is 60.7 Å². The number of anilines is 2. The van der Waals surface area contributed by atoms with Crippen LogP contribution in [0, 0.1) is 0 Å². The van der Waals surface area contributed by atoms with E-state index in [0.29, 0.717) is 0 Å². The number of para-hydroxylation sites is 2. The molecule has 0 saturated carbocycles. The Bertz CT molecular complexity index is 571. The molecule has 0 saturated heterocycles. The topological polar surface area (TPSA) is 40.6 Å². The number of nitrogens with zero attached hydrogens (tertiary/aromatic N) is 2. The van der Waals surface area contributed by atoms with Crippen LogP contribution in [0.15, 0.2) is 60.7 Å². The van der Waals surface area contributed by atoms with Gasteiger partial charge in [0.25, 0.3) is 0 Å². The maximum absolute atomic E-state index is 12.0. The van der Waals surface area contributed by atoms with Crippen molar-refractivity contribution in [1.82, 2.24) is 0 Å². The molecule has 0 atom stereocenters. The summed E-state index contributed by atoms with van der Waals surface area (Å²) < 4.78 is 3.41. The van der Waals surface area contributed by atoms with Gasteiger partial charge < -0.3 is 34.0 Å². The van der Waals surface area contributed by atoms with E-state index in [1.165, 1.54) is 13.8 Å². The van der Waals surface area contributed by atoms with Crippen molar-refractivity contribution >= 4 is 23.2 Å². The standard InChI is InChI=1S/2C8H9NO.2BrH.Ti/c2*1-7(10)9-8-5-3-2-4-6-8;;;/h2*2-6H,1H3,(H,9,10);2*1H;/q;;;;+4/p-4. The smallest absolute Gasteiger partial charge is 1.00 e. The van der Waals surface area contributed by atoms with Gasteiger partial charge in [0.15, 0.2) is 0 Å². The molecule has 0 aliphatic heterocycles.